The molecule has 0 aliphatic rings. The molecule has 0 bridgehead atoms. The molecule has 0 fully saturated rings. The first-order valence-corrected chi connectivity index (χ1v) is 7.89. The second-order valence-electron chi connectivity index (χ2n) is 5.65. The number of nitro benzene ring substituents is 2. The van der Waals surface area contributed by atoms with E-state index in [0.717, 1.165) is 18.2 Å². The minimum atomic E-state index is -1.14. The number of nitrogens with one attached hydrogen (secondary N) is 1. The van der Waals surface area contributed by atoms with Crippen molar-refractivity contribution in [3.8, 4) is 0 Å². The Morgan fingerprint density at radius 3 is 2.11 bits per heavy atom. The van der Waals surface area contributed by atoms with Gasteiger partial charge in [0.2, 0.25) is 0 Å². The highest BCUT2D eigenvalue weighted by Crippen LogP contribution is 2.23. The van der Waals surface area contributed by atoms with Crippen LogP contribution in [0.3, 0.4) is 0 Å². The number of alkyl carbamates (subject to hydrolysis) is 1. The summed E-state index contributed by atoms with van der Waals surface area (Å²) in [4.78, 5) is 43.2. The minimum absolute atomic E-state index is 0.0468. The number of carboxylic acid groups (broad SMARTS) is 1. The van der Waals surface area contributed by atoms with E-state index in [1.54, 1.807) is 30.3 Å². The SMILES string of the molecule is O=C(O)C[C@H](NC(=O)OCc1cc([N+](=O)[O-])cc([N+](=O)[O-])c1)c1ccccc1. The van der Waals surface area contributed by atoms with Crippen molar-refractivity contribution in [1.29, 1.82) is 0 Å². The molecule has 1 amide bonds. The average Bonchev–Trinajstić information content (AvgIpc) is 2.66. The van der Waals surface area contributed by atoms with Gasteiger partial charge in [0.25, 0.3) is 11.4 Å². The van der Waals surface area contributed by atoms with Gasteiger partial charge in [0.1, 0.15) is 6.61 Å². The first-order chi connectivity index (χ1) is 13.3. The van der Waals surface area contributed by atoms with Crippen molar-refractivity contribution in [1.82, 2.24) is 5.32 Å². The third kappa shape index (κ3) is 5.76. The van der Waals surface area contributed by atoms with Gasteiger partial charge in [-0.05, 0) is 5.56 Å². The van der Waals surface area contributed by atoms with Crippen LogP contribution in [-0.4, -0.2) is 27.0 Å². The highest BCUT2D eigenvalue weighted by Gasteiger charge is 2.20. The number of aliphatic carboxylic acids is 1. The number of carbonyl (C=O) groups excluding carboxylic acids is 1. The van der Waals surface area contributed by atoms with Crippen LogP contribution >= 0.6 is 0 Å². The first-order valence-electron chi connectivity index (χ1n) is 7.89. The predicted molar refractivity (Wildman–Crippen MR) is 94.5 cm³/mol. The summed E-state index contributed by atoms with van der Waals surface area (Å²) >= 11 is 0. The van der Waals surface area contributed by atoms with Crippen molar-refractivity contribution in [3.63, 3.8) is 0 Å². The molecule has 2 N–H and O–H groups in total. The van der Waals surface area contributed by atoms with Crippen LogP contribution in [0, 0.1) is 20.2 Å². The number of hydrogen-bond acceptors (Lipinski definition) is 7. The average molecular weight is 389 g/mol. The van der Waals surface area contributed by atoms with Gasteiger partial charge in [-0.2, -0.15) is 0 Å². The lowest BCUT2D eigenvalue weighted by Gasteiger charge is -2.17. The van der Waals surface area contributed by atoms with E-state index in [1.807, 2.05) is 0 Å². The molecular weight excluding hydrogens is 374 g/mol. The van der Waals surface area contributed by atoms with Gasteiger partial charge in [0.15, 0.2) is 0 Å². The molecule has 0 heterocycles. The standard InChI is InChI=1S/C17H15N3O8/c21-16(22)9-15(12-4-2-1-3-5-12)18-17(23)28-10-11-6-13(19(24)25)8-14(7-11)20(26)27/h1-8,15H,9-10H2,(H,18,23)(H,21,22)/t15-/m0/s1. The van der Waals surface area contributed by atoms with Gasteiger partial charge in [0, 0.05) is 17.7 Å². The maximum absolute atomic E-state index is 12.0. The molecule has 0 saturated heterocycles. The quantitative estimate of drug-likeness (QED) is 0.514. The lowest BCUT2D eigenvalue weighted by molar-refractivity contribution is -0.394. The maximum Gasteiger partial charge on any atom is 0.407 e. The number of ether oxygens (including phenoxy) is 1. The van der Waals surface area contributed by atoms with E-state index < -0.39 is 45.9 Å². The lowest BCUT2D eigenvalue weighted by atomic mass is 10.0. The van der Waals surface area contributed by atoms with E-state index in [1.165, 1.54) is 0 Å². The van der Waals surface area contributed by atoms with Crippen molar-refractivity contribution in [2.24, 2.45) is 0 Å². The van der Waals surface area contributed by atoms with Gasteiger partial charge >= 0.3 is 12.1 Å². The van der Waals surface area contributed by atoms with E-state index in [9.17, 15) is 29.8 Å². The number of carboxylic acids is 1. The largest absolute Gasteiger partial charge is 0.481 e. The molecule has 0 saturated carbocycles. The number of rotatable bonds is 8. The van der Waals surface area contributed by atoms with Crippen LogP contribution in [0.1, 0.15) is 23.6 Å². The van der Waals surface area contributed by atoms with Crippen molar-refractivity contribution in [2.75, 3.05) is 0 Å². The zero-order valence-electron chi connectivity index (χ0n) is 14.3. The molecular formula is C17H15N3O8. The van der Waals surface area contributed by atoms with Gasteiger partial charge < -0.3 is 15.2 Å². The Hall–Kier alpha value is -4.02. The Morgan fingerprint density at radius 2 is 1.61 bits per heavy atom. The molecule has 0 aliphatic heterocycles. The molecule has 1 atom stereocenters. The second-order valence-corrected chi connectivity index (χ2v) is 5.65. The summed E-state index contributed by atoms with van der Waals surface area (Å²) in [7, 11) is 0. The lowest BCUT2D eigenvalue weighted by Crippen LogP contribution is -2.30. The molecule has 11 nitrogen and oxygen atoms in total. The number of amides is 1. The first kappa shape index (κ1) is 20.3. The summed E-state index contributed by atoms with van der Waals surface area (Å²) in [6, 6.07) is 10.4. The van der Waals surface area contributed by atoms with E-state index in [-0.39, 0.29) is 12.0 Å². The summed E-state index contributed by atoms with van der Waals surface area (Å²) < 4.78 is 4.94. The van der Waals surface area contributed by atoms with Crippen molar-refractivity contribution in [3.05, 3.63) is 79.9 Å². The number of nitrogens with zero attached hydrogens (tertiary/aromatic N) is 2. The molecule has 2 aromatic rings. The van der Waals surface area contributed by atoms with Crippen LogP contribution in [0.2, 0.25) is 0 Å². The van der Waals surface area contributed by atoms with Gasteiger partial charge in [-0.1, -0.05) is 30.3 Å². The molecule has 0 unspecified atom stereocenters. The Balaban J connectivity index is 2.09. The monoisotopic (exact) mass is 389 g/mol. The molecule has 0 radical (unpaired) electrons. The fourth-order valence-electron chi connectivity index (χ4n) is 2.40. The number of benzene rings is 2. The van der Waals surface area contributed by atoms with E-state index in [2.05, 4.69) is 5.32 Å². The Morgan fingerprint density at radius 1 is 1.04 bits per heavy atom. The summed E-state index contributed by atoms with van der Waals surface area (Å²) in [5.41, 5.74) is -0.430. The Kier molecular flexibility index (Phi) is 6.58. The fourth-order valence-corrected chi connectivity index (χ4v) is 2.40. The molecule has 28 heavy (non-hydrogen) atoms. The van der Waals surface area contributed by atoms with Crippen LogP contribution in [-0.2, 0) is 16.1 Å². The molecule has 2 aromatic carbocycles. The normalized spacial score (nSPS) is 11.3. The van der Waals surface area contributed by atoms with Gasteiger partial charge in [-0.25, -0.2) is 4.79 Å². The van der Waals surface area contributed by atoms with E-state index in [0.29, 0.717) is 5.56 Å². The van der Waals surface area contributed by atoms with Crippen molar-refractivity contribution in [2.45, 2.75) is 19.1 Å². The van der Waals surface area contributed by atoms with Crippen LogP contribution in [0.15, 0.2) is 48.5 Å². The molecule has 146 valence electrons. The number of nitro groups is 2. The topological polar surface area (TPSA) is 162 Å². The fraction of sp³-hybridized carbons (Fsp3) is 0.176. The third-order valence-corrected chi connectivity index (χ3v) is 3.63. The summed E-state index contributed by atoms with van der Waals surface area (Å²) in [5.74, 6) is -1.14. The van der Waals surface area contributed by atoms with Gasteiger partial charge in [0.05, 0.1) is 28.4 Å². The molecule has 0 aromatic heterocycles. The van der Waals surface area contributed by atoms with Crippen LogP contribution in [0.4, 0.5) is 16.2 Å². The summed E-state index contributed by atoms with van der Waals surface area (Å²) in [5, 5.41) is 33.2. The minimum Gasteiger partial charge on any atom is -0.481 e. The molecule has 0 aliphatic carbocycles. The van der Waals surface area contributed by atoms with E-state index >= 15 is 0 Å². The van der Waals surface area contributed by atoms with Gasteiger partial charge in [-0.15, -0.1) is 0 Å². The van der Waals surface area contributed by atoms with Crippen molar-refractivity contribution >= 4 is 23.4 Å². The predicted octanol–water partition coefficient (Wildman–Crippen LogP) is 2.95. The number of non-ortho nitro benzene ring substituents is 2. The summed E-state index contributed by atoms with van der Waals surface area (Å²) in [6.45, 7) is -0.469. The number of hydrogen-bond donors (Lipinski definition) is 2. The highest BCUT2D eigenvalue weighted by atomic mass is 16.6. The van der Waals surface area contributed by atoms with Crippen molar-refractivity contribution < 1.29 is 29.3 Å². The van der Waals surface area contributed by atoms with Crippen LogP contribution in [0.25, 0.3) is 0 Å². The summed E-state index contributed by atoms with van der Waals surface area (Å²) in [6.07, 6.45) is -1.36. The smallest absolute Gasteiger partial charge is 0.407 e. The van der Waals surface area contributed by atoms with Gasteiger partial charge in [-0.3, -0.25) is 25.0 Å². The maximum atomic E-state index is 12.0. The molecule has 2 rings (SSSR count). The van der Waals surface area contributed by atoms with Crippen LogP contribution < -0.4 is 5.32 Å². The number of carbonyl (C=O) groups is 2. The van der Waals surface area contributed by atoms with E-state index in [4.69, 9.17) is 9.84 Å². The second kappa shape index (κ2) is 9.07. The zero-order valence-corrected chi connectivity index (χ0v) is 14.3. The Bertz CT molecular complexity index is 868. The van der Waals surface area contributed by atoms with Crippen LogP contribution in [0.5, 0.6) is 0 Å². The Labute approximate surface area is 157 Å². The molecule has 11 heteroatoms. The zero-order chi connectivity index (χ0) is 20.7. The third-order valence-electron chi connectivity index (χ3n) is 3.63. The molecule has 0 spiro atoms. The highest BCUT2D eigenvalue weighted by molar-refractivity contribution is 5.72.